The molecule has 0 radical (unpaired) electrons. The van der Waals surface area contributed by atoms with Gasteiger partial charge in [0.1, 0.15) is 6.04 Å². The molecule has 0 aromatic rings. The van der Waals surface area contributed by atoms with Crippen molar-refractivity contribution in [1.29, 1.82) is 0 Å². The number of carboxylic acid groups (broad SMARTS) is 1. The minimum absolute atomic E-state index is 0.0634. The van der Waals surface area contributed by atoms with Crippen LogP contribution < -0.4 is 5.32 Å². The Bertz CT molecular complexity index is 241. The first kappa shape index (κ1) is 13.9. The van der Waals surface area contributed by atoms with E-state index in [2.05, 4.69) is 5.32 Å². The number of carbonyl (C=O) groups is 2. The second kappa shape index (κ2) is 5.70. The van der Waals surface area contributed by atoms with Gasteiger partial charge in [0, 0.05) is 6.04 Å². The molecule has 2 unspecified atom stereocenters. The van der Waals surface area contributed by atoms with Gasteiger partial charge in [-0.25, -0.2) is 0 Å². The molecule has 0 saturated carbocycles. The average molecular weight is 216 g/mol. The molecule has 5 heteroatoms. The van der Waals surface area contributed by atoms with Gasteiger partial charge in [-0.15, -0.1) is 0 Å². The number of hydrogen-bond acceptors (Lipinski definition) is 3. The molecule has 0 saturated heterocycles. The normalized spacial score (nSPS) is 15.1. The number of aliphatic carboxylic acids is 1. The summed E-state index contributed by atoms with van der Waals surface area (Å²) in [6, 6.07) is -1.05. The quantitative estimate of drug-likeness (QED) is 0.693. The molecule has 0 fully saturated rings. The molecule has 88 valence electrons. The van der Waals surface area contributed by atoms with E-state index in [1.54, 1.807) is 20.9 Å². The molecule has 0 aromatic carbocycles. The largest absolute Gasteiger partial charge is 0.480 e. The second-order valence-corrected chi connectivity index (χ2v) is 4.02. The van der Waals surface area contributed by atoms with Gasteiger partial charge < -0.3 is 10.4 Å². The molecule has 0 rings (SSSR count). The standard InChI is InChI=1S/C10H20N2O3/c1-6(2)11-9(13)7(3)12(5)8(4)10(14)15/h6-8H,1-5H3,(H,11,13)(H,14,15). The van der Waals surface area contributed by atoms with E-state index < -0.39 is 18.1 Å². The van der Waals surface area contributed by atoms with Crippen LogP contribution in [-0.4, -0.2) is 47.1 Å². The predicted octanol–water partition coefficient (Wildman–Crippen LogP) is 0.304. The Morgan fingerprint density at radius 1 is 1.13 bits per heavy atom. The zero-order valence-electron chi connectivity index (χ0n) is 9.94. The van der Waals surface area contributed by atoms with Gasteiger partial charge >= 0.3 is 5.97 Å². The van der Waals surface area contributed by atoms with Gasteiger partial charge in [-0.1, -0.05) is 0 Å². The highest BCUT2D eigenvalue weighted by atomic mass is 16.4. The molecule has 0 aromatic heterocycles. The van der Waals surface area contributed by atoms with Crippen LogP contribution in [0.3, 0.4) is 0 Å². The first-order chi connectivity index (χ1) is 6.77. The second-order valence-electron chi connectivity index (χ2n) is 4.02. The van der Waals surface area contributed by atoms with Crippen molar-refractivity contribution in [3.8, 4) is 0 Å². The van der Waals surface area contributed by atoms with E-state index in [9.17, 15) is 9.59 Å². The molecule has 2 N–H and O–H groups in total. The Kier molecular flexibility index (Phi) is 5.28. The van der Waals surface area contributed by atoms with Crippen LogP contribution in [0, 0.1) is 0 Å². The van der Waals surface area contributed by atoms with E-state index in [-0.39, 0.29) is 11.9 Å². The first-order valence-corrected chi connectivity index (χ1v) is 5.02. The van der Waals surface area contributed by atoms with E-state index in [1.807, 2.05) is 13.8 Å². The summed E-state index contributed by atoms with van der Waals surface area (Å²) in [5, 5.41) is 11.5. The molecular formula is C10H20N2O3. The summed E-state index contributed by atoms with van der Waals surface area (Å²) >= 11 is 0. The smallest absolute Gasteiger partial charge is 0.320 e. The van der Waals surface area contributed by atoms with Crippen molar-refractivity contribution >= 4 is 11.9 Å². The lowest BCUT2D eigenvalue weighted by molar-refractivity contribution is -0.143. The monoisotopic (exact) mass is 216 g/mol. The molecule has 0 bridgehead atoms. The highest BCUT2D eigenvalue weighted by Gasteiger charge is 2.26. The number of rotatable bonds is 5. The summed E-state index contributed by atoms with van der Waals surface area (Å²) in [7, 11) is 1.63. The zero-order valence-corrected chi connectivity index (χ0v) is 9.94. The van der Waals surface area contributed by atoms with E-state index in [0.717, 1.165) is 0 Å². The van der Waals surface area contributed by atoms with Gasteiger partial charge in [-0.3, -0.25) is 14.5 Å². The van der Waals surface area contributed by atoms with E-state index in [0.29, 0.717) is 0 Å². The predicted molar refractivity (Wildman–Crippen MR) is 57.6 cm³/mol. The summed E-state index contributed by atoms with van der Waals surface area (Å²) in [6.07, 6.45) is 0. The molecule has 0 aliphatic carbocycles. The lowest BCUT2D eigenvalue weighted by Crippen LogP contribution is -2.50. The Morgan fingerprint density at radius 2 is 1.60 bits per heavy atom. The van der Waals surface area contributed by atoms with Gasteiger partial charge in [-0.2, -0.15) is 0 Å². The van der Waals surface area contributed by atoms with E-state index in [1.165, 1.54) is 4.90 Å². The van der Waals surface area contributed by atoms with Crippen LogP contribution in [0.4, 0.5) is 0 Å². The lowest BCUT2D eigenvalue weighted by atomic mass is 10.2. The summed E-state index contributed by atoms with van der Waals surface area (Å²) in [6.45, 7) is 6.98. The molecule has 0 aliphatic rings. The van der Waals surface area contributed by atoms with E-state index in [4.69, 9.17) is 5.11 Å². The highest BCUT2D eigenvalue weighted by molar-refractivity contribution is 5.82. The summed E-state index contributed by atoms with van der Waals surface area (Å²) in [5.41, 5.74) is 0. The van der Waals surface area contributed by atoms with Crippen LogP contribution in [0.5, 0.6) is 0 Å². The van der Waals surface area contributed by atoms with Crippen LogP contribution in [-0.2, 0) is 9.59 Å². The topological polar surface area (TPSA) is 69.6 Å². The number of nitrogens with zero attached hydrogens (tertiary/aromatic N) is 1. The Hall–Kier alpha value is -1.10. The van der Waals surface area contributed by atoms with Crippen molar-refractivity contribution in [2.24, 2.45) is 0 Å². The molecule has 0 heterocycles. The van der Waals surface area contributed by atoms with E-state index >= 15 is 0 Å². The van der Waals surface area contributed by atoms with Gasteiger partial charge in [0.2, 0.25) is 5.91 Å². The molecule has 1 amide bonds. The third-order valence-electron chi connectivity index (χ3n) is 2.39. The fourth-order valence-electron chi connectivity index (χ4n) is 1.10. The van der Waals surface area contributed by atoms with Crippen molar-refractivity contribution in [2.75, 3.05) is 7.05 Å². The highest BCUT2D eigenvalue weighted by Crippen LogP contribution is 2.03. The molecule has 5 nitrogen and oxygen atoms in total. The maximum absolute atomic E-state index is 11.6. The Morgan fingerprint density at radius 3 is 1.93 bits per heavy atom. The summed E-state index contributed by atoms with van der Waals surface area (Å²) in [4.78, 5) is 23.8. The minimum Gasteiger partial charge on any atom is -0.480 e. The fourth-order valence-corrected chi connectivity index (χ4v) is 1.10. The van der Waals surface area contributed by atoms with Crippen LogP contribution in [0.25, 0.3) is 0 Å². The van der Waals surface area contributed by atoms with Crippen molar-refractivity contribution in [2.45, 2.75) is 45.8 Å². The maximum atomic E-state index is 11.6. The summed E-state index contributed by atoms with van der Waals surface area (Å²) in [5.74, 6) is -1.08. The first-order valence-electron chi connectivity index (χ1n) is 5.02. The number of likely N-dealkylation sites (N-methyl/N-ethyl adjacent to an activating group) is 1. The van der Waals surface area contributed by atoms with Crippen molar-refractivity contribution in [3.05, 3.63) is 0 Å². The molecule has 2 atom stereocenters. The SMILES string of the molecule is CC(C)NC(=O)C(C)N(C)C(C)C(=O)O. The lowest BCUT2D eigenvalue weighted by Gasteiger charge is -2.27. The van der Waals surface area contributed by atoms with Crippen LogP contribution in [0.15, 0.2) is 0 Å². The van der Waals surface area contributed by atoms with Gasteiger partial charge in [0.15, 0.2) is 0 Å². The molecule has 0 spiro atoms. The Balaban J connectivity index is 4.37. The molecular weight excluding hydrogens is 196 g/mol. The maximum Gasteiger partial charge on any atom is 0.320 e. The number of carboxylic acids is 1. The van der Waals surface area contributed by atoms with Gasteiger partial charge in [0.05, 0.1) is 6.04 Å². The van der Waals surface area contributed by atoms with Crippen LogP contribution >= 0.6 is 0 Å². The fraction of sp³-hybridized carbons (Fsp3) is 0.800. The molecule has 15 heavy (non-hydrogen) atoms. The van der Waals surface area contributed by atoms with Crippen LogP contribution in [0.1, 0.15) is 27.7 Å². The molecule has 0 aliphatic heterocycles. The Labute approximate surface area is 90.5 Å². The zero-order chi connectivity index (χ0) is 12.2. The van der Waals surface area contributed by atoms with Crippen molar-refractivity contribution in [1.82, 2.24) is 10.2 Å². The van der Waals surface area contributed by atoms with Gasteiger partial charge in [0.25, 0.3) is 0 Å². The van der Waals surface area contributed by atoms with Gasteiger partial charge in [-0.05, 0) is 34.7 Å². The minimum atomic E-state index is -0.929. The number of nitrogens with one attached hydrogen (secondary N) is 1. The number of carbonyl (C=O) groups excluding carboxylic acids is 1. The average Bonchev–Trinajstić information content (AvgIpc) is 2.13. The van der Waals surface area contributed by atoms with Crippen LogP contribution in [0.2, 0.25) is 0 Å². The summed E-state index contributed by atoms with van der Waals surface area (Å²) < 4.78 is 0. The third-order valence-corrected chi connectivity index (χ3v) is 2.39. The van der Waals surface area contributed by atoms with Crippen molar-refractivity contribution < 1.29 is 14.7 Å². The number of amides is 1. The number of hydrogen-bond donors (Lipinski definition) is 2. The van der Waals surface area contributed by atoms with Crippen molar-refractivity contribution in [3.63, 3.8) is 0 Å². The third kappa shape index (κ3) is 4.29.